The third kappa shape index (κ3) is 6.58. The molecule has 0 bridgehead atoms. The number of sulfonamides is 1. The van der Waals surface area contributed by atoms with Crippen LogP contribution >= 0.6 is 23.2 Å². The van der Waals surface area contributed by atoms with Crippen LogP contribution in [0.5, 0.6) is 0 Å². The smallest absolute Gasteiger partial charge is 0.416 e. The second kappa shape index (κ2) is 11.6. The van der Waals surface area contributed by atoms with E-state index in [0.717, 1.165) is 18.2 Å². The summed E-state index contributed by atoms with van der Waals surface area (Å²) >= 11 is 12.1. The molecule has 3 rings (SSSR count). The highest BCUT2D eigenvalue weighted by molar-refractivity contribution is 7.93. The number of carboxylic acids is 1. The molecule has 0 fully saturated rings. The maximum Gasteiger partial charge on any atom is 0.416 e. The number of carboxylic acid groups (broad SMARTS) is 1. The van der Waals surface area contributed by atoms with E-state index >= 15 is 0 Å². The van der Waals surface area contributed by atoms with Crippen LogP contribution in [0, 0.1) is 0 Å². The topological polar surface area (TPSA) is 104 Å². The molecule has 3 aromatic rings. The second-order valence-electron chi connectivity index (χ2n) is 8.07. The van der Waals surface area contributed by atoms with Crippen LogP contribution in [0.25, 0.3) is 0 Å². The monoisotopic (exact) mass is 588 g/mol. The van der Waals surface area contributed by atoms with E-state index in [0.29, 0.717) is 22.0 Å². The molecule has 3 aromatic carbocycles. The number of amides is 1. The first-order valence-corrected chi connectivity index (χ1v) is 13.2. The minimum absolute atomic E-state index is 0.0218. The molecule has 2 N–H and O–H groups in total. The van der Waals surface area contributed by atoms with Gasteiger partial charge >= 0.3 is 12.1 Å². The number of anilines is 1. The van der Waals surface area contributed by atoms with Crippen LogP contribution in [0.2, 0.25) is 10.0 Å². The zero-order valence-corrected chi connectivity index (χ0v) is 22.0. The Morgan fingerprint density at radius 1 is 1.03 bits per heavy atom. The van der Waals surface area contributed by atoms with E-state index in [2.05, 4.69) is 5.32 Å². The first-order chi connectivity index (χ1) is 17.8. The fraction of sp³-hybridized carbons (Fsp3) is 0.200. The lowest BCUT2D eigenvalue weighted by Crippen LogP contribution is -2.49. The number of hydrogen-bond acceptors (Lipinski definition) is 4. The van der Waals surface area contributed by atoms with E-state index in [4.69, 9.17) is 23.2 Å². The summed E-state index contributed by atoms with van der Waals surface area (Å²) in [7, 11) is -4.63. The maximum atomic E-state index is 13.8. The summed E-state index contributed by atoms with van der Waals surface area (Å²) in [5, 5.41) is 11.6. The van der Waals surface area contributed by atoms with E-state index in [1.54, 1.807) is 6.07 Å². The Labute approximate surface area is 226 Å². The van der Waals surface area contributed by atoms with Crippen molar-refractivity contribution in [1.29, 1.82) is 0 Å². The summed E-state index contributed by atoms with van der Waals surface area (Å²) in [6, 6.07) is 11.3. The van der Waals surface area contributed by atoms with Crippen molar-refractivity contribution in [3.05, 3.63) is 93.5 Å². The predicted molar refractivity (Wildman–Crippen MR) is 137 cm³/mol. The molecule has 1 amide bonds. The van der Waals surface area contributed by atoms with Crippen molar-refractivity contribution in [2.24, 2.45) is 0 Å². The SMILES string of the molecule is CCC(C(=O)NCc1cccc(C(=O)O)c1)N(c1cc(C(F)(F)F)ccc1Cl)S(=O)(=O)c1ccc(Cl)cc1. The lowest BCUT2D eigenvalue weighted by Gasteiger charge is -2.32. The Hall–Kier alpha value is -3.28. The highest BCUT2D eigenvalue weighted by Crippen LogP contribution is 2.39. The Morgan fingerprint density at radius 2 is 1.68 bits per heavy atom. The second-order valence-corrected chi connectivity index (χ2v) is 10.7. The van der Waals surface area contributed by atoms with Gasteiger partial charge in [0.25, 0.3) is 10.0 Å². The van der Waals surface area contributed by atoms with Gasteiger partial charge in [-0.1, -0.05) is 42.3 Å². The molecule has 202 valence electrons. The summed E-state index contributed by atoms with van der Waals surface area (Å²) < 4.78 is 68.6. The highest BCUT2D eigenvalue weighted by Gasteiger charge is 2.38. The highest BCUT2D eigenvalue weighted by atomic mass is 35.5. The standard InChI is InChI=1S/C25H21Cl2F3N2O5S/c1-2-21(23(33)31-14-15-4-3-5-16(12-15)24(34)35)32(38(36,37)19-9-7-18(26)8-10-19)22-13-17(25(28,29)30)6-11-20(22)27/h3-13,21H,2,14H2,1H3,(H,31,33)(H,34,35). The van der Waals surface area contributed by atoms with Crippen LogP contribution in [0.15, 0.2) is 71.6 Å². The van der Waals surface area contributed by atoms with E-state index < -0.39 is 45.4 Å². The normalized spacial score (nSPS) is 12.6. The summed E-state index contributed by atoms with van der Waals surface area (Å²) in [6.07, 6.45) is -4.95. The van der Waals surface area contributed by atoms with E-state index in [-0.39, 0.29) is 33.5 Å². The minimum Gasteiger partial charge on any atom is -0.478 e. The number of nitrogens with one attached hydrogen (secondary N) is 1. The molecule has 0 heterocycles. The molecule has 1 unspecified atom stereocenters. The third-order valence-corrected chi connectivity index (χ3v) is 7.90. The van der Waals surface area contributed by atoms with Gasteiger partial charge in [0.2, 0.25) is 5.91 Å². The fourth-order valence-corrected chi connectivity index (χ4v) is 5.70. The predicted octanol–water partition coefficient (Wildman–Crippen LogP) is 6.00. The molecule has 38 heavy (non-hydrogen) atoms. The number of aromatic carboxylic acids is 1. The molecule has 0 aliphatic rings. The van der Waals surface area contributed by atoms with Gasteiger partial charge in [-0.05, 0) is 66.6 Å². The molecule has 1 atom stereocenters. The van der Waals surface area contributed by atoms with Crippen LogP contribution in [0.4, 0.5) is 18.9 Å². The van der Waals surface area contributed by atoms with E-state index in [1.807, 2.05) is 0 Å². The van der Waals surface area contributed by atoms with Crippen LogP contribution in [0.3, 0.4) is 0 Å². The molecule has 0 aliphatic carbocycles. The summed E-state index contributed by atoms with van der Waals surface area (Å²) in [4.78, 5) is 24.2. The molecule has 13 heteroatoms. The van der Waals surface area contributed by atoms with Crippen LogP contribution in [-0.2, 0) is 27.5 Å². The lowest BCUT2D eigenvalue weighted by atomic mass is 10.1. The van der Waals surface area contributed by atoms with Gasteiger partial charge in [0, 0.05) is 11.6 Å². The van der Waals surface area contributed by atoms with Crippen molar-refractivity contribution in [2.75, 3.05) is 4.31 Å². The largest absolute Gasteiger partial charge is 0.478 e. The molecular weight excluding hydrogens is 568 g/mol. The van der Waals surface area contributed by atoms with E-state index in [9.17, 15) is 36.3 Å². The van der Waals surface area contributed by atoms with Crippen LogP contribution in [-0.4, -0.2) is 31.4 Å². The number of carbonyl (C=O) groups is 2. The Balaban J connectivity index is 2.08. The summed E-state index contributed by atoms with van der Waals surface area (Å²) in [5.41, 5.74) is -1.30. The molecular formula is C25H21Cl2F3N2O5S. The number of halogens is 5. The molecule has 0 aromatic heterocycles. The Bertz CT molecular complexity index is 1450. The van der Waals surface area contributed by atoms with Crippen molar-refractivity contribution in [1.82, 2.24) is 5.32 Å². The van der Waals surface area contributed by atoms with Gasteiger partial charge < -0.3 is 10.4 Å². The van der Waals surface area contributed by atoms with Gasteiger partial charge in [0.15, 0.2) is 0 Å². The quantitative estimate of drug-likeness (QED) is 0.319. The van der Waals surface area contributed by atoms with E-state index in [1.165, 1.54) is 37.3 Å². The maximum absolute atomic E-state index is 13.8. The average Bonchev–Trinajstić information content (AvgIpc) is 2.86. The molecule has 0 spiro atoms. The Kier molecular flexibility index (Phi) is 8.96. The van der Waals surface area contributed by atoms with Crippen molar-refractivity contribution >= 4 is 50.8 Å². The fourth-order valence-electron chi connectivity index (χ4n) is 3.62. The van der Waals surface area contributed by atoms with Gasteiger partial charge in [-0.25, -0.2) is 13.2 Å². The summed E-state index contributed by atoms with van der Waals surface area (Å²) in [5.74, 6) is -2.01. The number of rotatable bonds is 9. The number of hydrogen-bond donors (Lipinski definition) is 2. The average molecular weight is 589 g/mol. The van der Waals surface area contributed by atoms with Crippen LogP contribution < -0.4 is 9.62 Å². The van der Waals surface area contributed by atoms with Gasteiger partial charge in [0.05, 0.1) is 26.7 Å². The number of alkyl halides is 3. The van der Waals surface area contributed by atoms with Gasteiger partial charge in [-0.3, -0.25) is 9.10 Å². The third-order valence-electron chi connectivity index (χ3n) is 5.49. The van der Waals surface area contributed by atoms with Crippen molar-refractivity contribution < 1.29 is 36.3 Å². The Morgan fingerprint density at radius 3 is 2.26 bits per heavy atom. The van der Waals surface area contributed by atoms with Crippen molar-refractivity contribution in [2.45, 2.75) is 37.0 Å². The van der Waals surface area contributed by atoms with Crippen LogP contribution in [0.1, 0.15) is 34.8 Å². The number of benzene rings is 3. The van der Waals surface area contributed by atoms with Crippen molar-refractivity contribution in [3.63, 3.8) is 0 Å². The molecule has 0 aliphatic heterocycles. The number of nitrogens with zero attached hydrogens (tertiary/aromatic N) is 1. The number of carbonyl (C=O) groups excluding carboxylic acids is 1. The molecule has 7 nitrogen and oxygen atoms in total. The van der Waals surface area contributed by atoms with Gasteiger partial charge in [-0.15, -0.1) is 0 Å². The minimum atomic E-state index is -4.81. The first kappa shape index (κ1) is 29.3. The van der Waals surface area contributed by atoms with Crippen molar-refractivity contribution in [3.8, 4) is 0 Å². The molecule has 0 saturated carbocycles. The zero-order chi connectivity index (χ0) is 28.3. The molecule has 0 saturated heterocycles. The lowest BCUT2D eigenvalue weighted by molar-refractivity contribution is -0.137. The molecule has 0 radical (unpaired) electrons. The first-order valence-electron chi connectivity index (χ1n) is 11.0. The zero-order valence-electron chi connectivity index (χ0n) is 19.7. The van der Waals surface area contributed by atoms with Gasteiger partial charge in [0.1, 0.15) is 6.04 Å². The van der Waals surface area contributed by atoms with Gasteiger partial charge in [-0.2, -0.15) is 13.2 Å². The summed E-state index contributed by atoms with van der Waals surface area (Å²) in [6.45, 7) is 1.32.